The number of imidazole rings is 1. The largest absolute Gasteiger partial charge is 0.344 e. The van der Waals surface area contributed by atoms with Crippen LogP contribution in [-0.2, 0) is 30.2 Å². The fourth-order valence-corrected chi connectivity index (χ4v) is 2.86. The summed E-state index contributed by atoms with van der Waals surface area (Å²) in [5, 5.41) is 3.14. The number of nitrogens with one attached hydrogen (secondary N) is 2. The van der Waals surface area contributed by atoms with Crippen molar-refractivity contribution in [2.45, 2.75) is 32.4 Å². The summed E-state index contributed by atoms with van der Waals surface area (Å²) < 4.78 is 3.35. The van der Waals surface area contributed by atoms with Gasteiger partial charge in [0.15, 0.2) is 11.2 Å². The van der Waals surface area contributed by atoms with Gasteiger partial charge in [-0.25, -0.2) is 14.6 Å². The molecular formula is C15H19N7O5. The summed E-state index contributed by atoms with van der Waals surface area (Å²) in [6.45, 7) is 2.93. The molecular weight excluding hydrogens is 358 g/mol. The van der Waals surface area contributed by atoms with E-state index in [0.717, 1.165) is 4.57 Å². The number of amides is 4. The summed E-state index contributed by atoms with van der Waals surface area (Å²) >= 11 is 0. The molecule has 4 amide bonds. The zero-order valence-electron chi connectivity index (χ0n) is 15.3. The molecule has 1 atom stereocenters. The first-order valence-electron chi connectivity index (χ1n) is 8.17. The van der Waals surface area contributed by atoms with Gasteiger partial charge in [-0.2, -0.15) is 5.01 Å². The average Bonchev–Trinajstić information content (AvgIpc) is 3.13. The predicted octanol–water partition coefficient (Wildman–Crippen LogP) is -1.81. The van der Waals surface area contributed by atoms with Crippen LogP contribution in [0.25, 0.3) is 11.2 Å². The molecule has 1 aliphatic rings. The lowest BCUT2D eigenvalue weighted by Gasteiger charge is -2.19. The molecule has 0 aromatic carbocycles. The van der Waals surface area contributed by atoms with Gasteiger partial charge in [-0.05, 0) is 13.3 Å². The standard InChI is InChI=1S/C15H19N7O5/c1-5-15(2)12(25)22(13(26)17-15)18-8(23)6-21-7-16-10-9(21)11(24)20(4)14(27)19(10)3/h7H,5-6H2,1-4H3,(H,17,26)(H,18,23). The Bertz CT molecular complexity index is 1090. The zero-order chi connectivity index (χ0) is 20.1. The SMILES string of the molecule is CCC1(C)NC(=O)N(NC(=O)Cn2cnc3c2c(=O)n(C)c(=O)n3C)C1=O. The van der Waals surface area contributed by atoms with Gasteiger partial charge in [0.1, 0.15) is 12.1 Å². The fraction of sp³-hybridized carbons (Fsp3) is 0.467. The lowest BCUT2D eigenvalue weighted by atomic mass is 10.00. The van der Waals surface area contributed by atoms with Gasteiger partial charge in [0.25, 0.3) is 17.4 Å². The molecule has 0 bridgehead atoms. The molecule has 1 aliphatic heterocycles. The van der Waals surface area contributed by atoms with E-state index in [2.05, 4.69) is 15.7 Å². The number of aromatic nitrogens is 4. The Balaban J connectivity index is 1.88. The Morgan fingerprint density at radius 3 is 2.48 bits per heavy atom. The monoisotopic (exact) mass is 377 g/mol. The van der Waals surface area contributed by atoms with E-state index in [9.17, 15) is 24.0 Å². The summed E-state index contributed by atoms with van der Waals surface area (Å²) in [5.41, 5.74) is 0.198. The van der Waals surface area contributed by atoms with Gasteiger partial charge < -0.3 is 9.88 Å². The Hall–Kier alpha value is -3.44. The fourth-order valence-electron chi connectivity index (χ4n) is 2.86. The summed E-state index contributed by atoms with van der Waals surface area (Å²) in [6, 6.07) is -0.730. The second-order valence-corrected chi connectivity index (χ2v) is 6.54. The molecule has 27 heavy (non-hydrogen) atoms. The molecule has 2 aromatic rings. The van der Waals surface area contributed by atoms with Crippen molar-refractivity contribution in [2.24, 2.45) is 14.1 Å². The first-order chi connectivity index (χ1) is 12.6. The third kappa shape index (κ3) is 2.69. The number of hydrogen-bond acceptors (Lipinski definition) is 6. The highest BCUT2D eigenvalue weighted by Gasteiger charge is 2.47. The maximum Gasteiger partial charge on any atom is 0.344 e. The van der Waals surface area contributed by atoms with Crippen LogP contribution in [0, 0.1) is 0 Å². The number of carbonyl (C=O) groups excluding carboxylic acids is 3. The number of imide groups is 1. The van der Waals surface area contributed by atoms with Gasteiger partial charge in [0, 0.05) is 14.1 Å². The van der Waals surface area contributed by atoms with E-state index in [1.54, 1.807) is 13.8 Å². The minimum absolute atomic E-state index is 0.0605. The number of fused-ring (bicyclic) bond motifs is 1. The molecule has 3 heterocycles. The lowest BCUT2D eigenvalue weighted by Crippen LogP contribution is -2.49. The van der Waals surface area contributed by atoms with Crippen molar-refractivity contribution in [3.8, 4) is 0 Å². The molecule has 2 aromatic heterocycles. The van der Waals surface area contributed by atoms with Gasteiger partial charge in [-0.1, -0.05) is 6.92 Å². The Labute approximate surface area is 152 Å². The van der Waals surface area contributed by atoms with Crippen molar-refractivity contribution < 1.29 is 14.4 Å². The van der Waals surface area contributed by atoms with E-state index >= 15 is 0 Å². The molecule has 0 aliphatic carbocycles. The minimum atomic E-state index is -1.08. The molecule has 0 saturated carbocycles. The van der Waals surface area contributed by atoms with Gasteiger partial charge in [0.05, 0.1) is 6.33 Å². The van der Waals surface area contributed by atoms with E-state index in [4.69, 9.17) is 0 Å². The van der Waals surface area contributed by atoms with Crippen LogP contribution in [-0.4, -0.2) is 47.1 Å². The van der Waals surface area contributed by atoms with Gasteiger partial charge in [-0.15, -0.1) is 0 Å². The van der Waals surface area contributed by atoms with Crippen molar-refractivity contribution in [3.63, 3.8) is 0 Å². The van der Waals surface area contributed by atoms with Crippen LogP contribution in [0.5, 0.6) is 0 Å². The van der Waals surface area contributed by atoms with Crippen molar-refractivity contribution in [1.29, 1.82) is 0 Å². The number of hydrogen-bond donors (Lipinski definition) is 2. The van der Waals surface area contributed by atoms with Gasteiger partial charge in [0.2, 0.25) is 0 Å². The van der Waals surface area contributed by atoms with Crippen LogP contribution < -0.4 is 22.0 Å². The Morgan fingerprint density at radius 1 is 1.22 bits per heavy atom. The quantitative estimate of drug-likeness (QED) is 0.602. The molecule has 0 radical (unpaired) electrons. The van der Waals surface area contributed by atoms with Crippen LogP contribution in [0.4, 0.5) is 4.79 Å². The van der Waals surface area contributed by atoms with E-state index in [1.807, 2.05) is 0 Å². The first kappa shape index (κ1) is 18.4. The first-order valence-corrected chi connectivity index (χ1v) is 8.17. The summed E-state index contributed by atoms with van der Waals surface area (Å²) in [6.07, 6.45) is 1.60. The molecule has 0 spiro atoms. The van der Waals surface area contributed by atoms with Crippen LogP contribution in [0.1, 0.15) is 20.3 Å². The molecule has 2 N–H and O–H groups in total. The Kier molecular flexibility index (Phi) is 4.13. The van der Waals surface area contributed by atoms with E-state index < -0.39 is 34.6 Å². The number of aryl methyl sites for hydroxylation is 1. The van der Waals surface area contributed by atoms with Gasteiger partial charge in [-0.3, -0.25) is 28.9 Å². The summed E-state index contributed by atoms with van der Waals surface area (Å²) in [5.74, 6) is -1.27. The normalized spacial score (nSPS) is 19.6. The van der Waals surface area contributed by atoms with Crippen molar-refractivity contribution in [3.05, 3.63) is 27.2 Å². The number of rotatable bonds is 4. The van der Waals surface area contributed by atoms with Crippen molar-refractivity contribution >= 4 is 29.0 Å². The average molecular weight is 377 g/mol. The second kappa shape index (κ2) is 6.07. The molecule has 12 nitrogen and oxygen atoms in total. The molecule has 144 valence electrons. The summed E-state index contributed by atoms with van der Waals surface area (Å²) in [7, 11) is 2.78. The molecule has 1 saturated heterocycles. The van der Waals surface area contributed by atoms with Gasteiger partial charge >= 0.3 is 11.7 Å². The van der Waals surface area contributed by atoms with Crippen molar-refractivity contribution in [2.75, 3.05) is 0 Å². The predicted molar refractivity (Wildman–Crippen MR) is 92.4 cm³/mol. The number of nitrogens with zero attached hydrogens (tertiary/aromatic N) is 5. The van der Waals surface area contributed by atoms with E-state index in [1.165, 1.54) is 29.6 Å². The third-order valence-corrected chi connectivity index (χ3v) is 4.74. The number of urea groups is 1. The van der Waals surface area contributed by atoms with E-state index in [-0.39, 0.29) is 17.7 Å². The molecule has 1 fully saturated rings. The third-order valence-electron chi connectivity index (χ3n) is 4.74. The highest BCUT2D eigenvalue weighted by molar-refractivity contribution is 6.07. The maximum atomic E-state index is 12.4. The smallest absolute Gasteiger partial charge is 0.322 e. The molecule has 3 rings (SSSR count). The second-order valence-electron chi connectivity index (χ2n) is 6.54. The van der Waals surface area contributed by atoms with E-state index in [0.29, 0.717) is 11.4 Å². The molecule has 1 unspecified atom stereocenters. The topological polar surface area (TPSA) is 140 Å². The Morgan fingerprint density at radius 2 is 1.89 bits per heavy atom. The van der Waals surface area contributed by atoms with Crippen LogP contribution in [0.3, 0.4) is 0 Å². The van der Waals surface area contributed by atoms with Crippen LogP contribution >= 0.6 is 0 Å². The minimum Gasteiger partial charge on any atom is -0.322 e. The van der Waals surface area contributed by atoms with Crippen LogP contribution in [0.15, 0.2) is 15.9 Å². The van der Waals surface area contributed by atoms with Crippen LogP contribution in [0.2, 0.25) is 0 Å². The zero-order valence-corrected chi connectivity index (χ0v) is 15.3. The highest BCUT2D eigenvalue weighted by atomic mass is 16.2. The molecule has 12 heteroatoms. The summed E-state index contributed by atoms with van der Waals surface area (Å²) in [4.78, 5) is 64.9. The van der Waals surface area contributed by atoms with Crippen molar-refractivity contribution in [1.82, 2.24) is 34.4 Å². The highest BCUT2D eigenvalue weighted by Crippen LogP contribution is 2.19. The maximum absolute atomic E-state index is 12.4. The number of hydrazine groups is 1. The lowest BCUT2D eigenvalue weighted by molar-refractivity contribution is -0.139. The number of carbonyl (C=O) groups is 3.